The second kappa shape index (κ2) is 3.10. The summed E-state index contributed by atoms with van der Waals surface area (Å²) in [5, 5.41) is 12.0. The predicted molar refractivity (Wildman–Crippen MR) is 35.2 cm³/mol. The summed E-state index contributed by atoms with van der Waals surface area (Å²) in [5.74, 6) is 0. The molecule has 1 heterocycles. The van der Waals surface area contributed by atoms with E-state index >= 15 is 0 Å². The molecule has 4 heteroatoms. The van der Waals surface area contributed by atoms with Crippen LogP contribution in [0, 0.1) is 11.3 Å². The van der Waals surface area contributed by atoms with Gasteiger partial charge in [-0.15, -0.1) is 12.4 Å². The molecule has 1 aromatic rings. The molecular weight excluding hydrogens is 138 g/mol. The minimum atomic E-state index is 0. The molecule has 0 spiro atoms. The Morgan fingerprint density at radius 1 is 1.78 bits per heavy atom. The molecule has 1 rings (SSSR count). The SMILES string of the molecule is Cl.Cn1ccc(C#N)n1. The average molecular weight is 144 g/mol. The molecule has 0 atom stereocenters. The quantitative estimate of drug-likeness (QED) is 0.537. The predicted octanol–water partition coefficient (Wildman–Crippen LogP) is 0.714. The van der Waals surface area contributed by atoms with Gasteiger partial charge < -0.3 is 0 Å². The van der Waals surface area contributed by atoms with Crippen LogP contribution in [0.4, 0.5) is 0 Å². The van der Waals surface area contributed by atoms with Gasteiger partial charge in [0.2, 0.25) is 0 Å². The Hall–Kier alpha value is -1.01. The van der Waals surface area contributed by atoms with Gasteiger partial charge in [0.05, 0.1) is 0 Å². The molecule has 0 unspecified atom stereocenters. The van der Waals surface area contributed by atoms with Gasteiger partial charge in [-0.3, -0.25) is 4.68 Å². The van der Waals surface area contributed by atoms with Gasteiger partial charge in [-0.25, -0.2) is 0 Å². The van der Waals surface area contributed by atoms with Crippen molar-refractivity contribution in [3.8, 4) is 6.07 Å². The lowest BCUT2D eigenvalue weighted by molar-refractivity contribution is 0.763. The van der Waals surface area contributed by atoms with Crippen molar-refractivity contribution in [3.63, 3.8) is 0 Å². The Kier molecular flexibility index (Phi) is 2.75. The second-order valence-electron chi connectivity index (χ2n) is 1.49. The number of rotatable bonds is 0. The fourth-order valence-corrected chi connectivity index (χ4v) is 0.475. The lowest BCUT2D eigenvalue weighted by Gasteiger charge is -1.78. The minimum Gasteiger partial charge on any atom is -0.274 e. The fourth-order valence-electron chi connectivity index (χ4n) is 0.475. The van der Waals surface area contributed by atoms with E-state index in [4.69, 9.17) is 5.26 Å². The number of hydrogen-bond acceptors (Lipinski definition) is 2. The molecule has 3 nitrogen and oxygen atoms in total. The van der Waals surface area contributed by atoms with Crippen LogP contribution in [0.25, 0.3) is 0 Å². The van der Waals surface area contributed by atoms with Crippen LogP contribution in [0.1, 0.15) is 5.69 Å². The highest BCUT2D eigenvalue weighted by Gasteiger charge is 1.88. The molecule has 0 fully saturated rings. The van der Waals surface area contributed by atoms with Gasteiger partial charge in [0.15, 0.2) is 5.69 Å². The van der Waals surface area contributed by atoms with Gasteiger partial charge in [0.1, 0.15) is 6.07 Å². The Bertz CT molecular complexity index is 222. The first-order valence-electron chi connectivity index (χ1n) is 2.22. The summed E-state index contributed by atoms with van der Waals surface area (Å²) >= 11 is 0. The third kappa shape index (κ3) is 1.74. The lowest BCUT2D eigenvalue weighted by atomic mass is 10.5. The molecule has 0 aliphatic carbocycles. The molecule has 0 saturated carbocycles. The van der Waals surface area contributed by atoms with Crippen molar-refractivity contribution in [1.29, 1.82) is 5.26 Å². The lowest BCUT2D eigenvalue weighted by Crippen LogP contribution is -1.86. The van der Waals surface area contributed by atoms with E-state index in [1.807, 2.05) is 6.07 Å². The summed E-state index contributed by atoms with van der Waals surface area (Å²) in [6.45, 7) is 0. The number of nitriles is 1. The van der Waals surface area contributed by atoms with Crippen molar-refractivity contribution in [2.45, 2.75) is 0 Å². The van der Waals surface area contributed by atoms with Crippen LogP contribution in [0.15, 0.2) is 12.3 Å². The van der Waals surface area contributed by atoms with Crippen molar-refractivity contribution in [3.05, 3.63) is 18.0 Å². The first kappa shape index (κ1) is 7.99. The van der Waals surface area contributed by atoms with Gasteiger partial charge in [0, 0.05) is 13.2 Å². The molecule has 1 aromatic heterocycles. The van der Waals surface area contributed by atoms with E-state index in [0.717, 1.165) is 0 Å². The summed E-state index contributed by atoms with van der Waals surface area (Å²) in [6, 6.07) is 3.58. The molecule has 0 radical (unpaired) electrons. The number of hydrogen-bond donors (Lipinski definition) is 0. The van der Waals surface area contributed by atoms with Crippen molar-refractivity contribution in [2.24, 2.45) is 7.05 Å². The molecule has 0 aromatic carbocycles. The maximum atomic E-state index is 8.23. The topological polar surface area (TPSA) is 41.6 Å². The van der Waals surface area contributed by atoms with Gasteiger partial charge >= 0.3 is 0 Å². The van der Waals surface area contributed by atoms with Crippen LogP contribution in [0.5, 0.6) is 0 Å². The maximum Gasteiger partial charge on any atom is 0.162 e. The van der Waals surface area contributed by atoms with Crippen LogP contribution in [-0.2, 0) is 7.05 Å². The summed E-state index contributed by atoms with van der Waals surface area (Å²) in [4.78, 5) is 0. The molecule has 9 heavy (non-hydrogen) atoms. The zero-order chi connectivity index (χ0) is 5.98. The standard InChI is InChI=1S/C5H5N3.ClH/c1-8-3-2-5(4-6)7-8;/h2-3H,1H3;1H. The first-order valence-corrected chi connectivity index (χ1v) is 2.22. The maximum absolute atomic E-state index is 8.23. The van der Waals surface area contributed by atoms with Crippen molar-refractivity contribution >= 4 is 12.4 Å². The average Bonchev–Trinajstić information content (AvgIpc) is 2.14. The summed E-state index contributed by atoms with van der Waals surface area (Å²) in [6.07, 6.45) is 1.73. The summed E-state index contributed by atoms with van der Waals surface area (Å²) in [5.41, 5.74) is 0.465. The first-order chi connectivity index (χ1) is 3.83. The van der Waals surface area contributed by atoms with Crippen LogP contribution >= 0.6 is 12.4 Å². The van der Waals surface area contributed by atoms with Crippen LogP contribution in [0.2, 0.25) is 0 Å². The molecule has 48 valence electrons. The Balaban J connectivity index is 0.000000640. The normalized spacial score (nSPS) is 7.56. The van der Waals surface area contributed by atoms with Crippen LogP contribution in [-0.4, -0.2) is 9.78 Å². The van der Waals surface area contributed by atoms with E-state index in [9.17, 15) is 0 Å². The molecule has 0 aliphatic heterocycles. The fraction of sp³-hybridized carbons (Fsp3) is 0.200. The number of nitrogens with zero attached hydrogens (tertiary/aromatic N) is 3. The number of aryl methyl sites for hydroxylation is 1. The molecule has 0 bridgehead atoms. The van der Waals surface area contributed by atoms with Gasteiger partial charge in [0.25, 0.3) is 0 Å². The number of aromatic nitrogens is 2. The molecule has 0 amide bonds. The van der Waals surface area contributed by atoms with Gasteiger partial charge in [-0.2, -0.15) is 10.4 Å². The highest BCUT2D eigenvalue weighted by Crippen LogP contribution is 1.87. The van der Waals surface area contributed by atoms with Crippen LogP contribution < -0.4 is 0 Å². The molecule has 0 N–H and O–H groups in total. The van der Waals surface area contributed by atoms with E-state index in [1.54, 1.807) is 24.0 Å². The van der Waals surface area contributed by atoms with Crippen molar-refractivity contribution in [1.82, 2.24) is 9.78 Å². The van der Waals surface area contributed by atoms with E-state index in [2.05, 4.69) is 5.10 Å². The van der Waals surface area contributed by atoms with E-state index in [1.165, 1.54) is 0 Å². The highest BCUT2D eigenvalue weighted by atomic mass is 35.5. The second-order valence-corrected chi connectivity index (χ2v) is 1.49. The summed E-state index contributed by atoms with van der Waals surface area (Å²) in [7, 11) is 1.78. The molecule has 0 saturated heterocycles. The Labute approximate surface area is 59.3 Å². The monoisotopic (exact) mass is 143 g/mol. The van der Waals surface area contributed by atoms with Crippen molar-refractivity contribution < 1.29 is 0 Å². The van der Waals surface area contributed by atoms with Gasteiger partial charge in [-0.05, 0) is 6.07 Å². The Morgan fingerprint density at radius 3 is 2.67 bits per heavy atom. The third-order valence-corrected chi connectivity index (χ3v) is 0.828. The summed E-state index contributed by atoms with van der Waals surface area (Å²) < 4.78 is 1.60. The minimum absolute atomic E-state index is 0. The molecule has 0 aliphatic rings. The Morgan fingerprint density at radius 2 is 2.44 bits per heavy atom. The van der Waals surface area contributed by atoms with E-state index in [0.29, 0.717) is 5.69 Å². The zero-order valence-electron chi connectivity index (χ0n) is 4.90. The van der Waals surface area contributed by atoms with Gasteiger partial charge in [-0.1, -0.05) is 0 Å². The smallest absolute Gasteiger partial charge is 0.162 e. The zero-order valence-corrected chi connectivity index (χ0v) is 5.72. The van der Waals surface area contributed by atoms with Crippen LogP contribution in [0.3, 0.4) is 0 Å². The number of halogens is 1. The largest absolute Gasteiger partial charge is 0.274 e. The van der Waals surface area contributed by atoms with E-state index < -0.39 is 0 Å². The third-order valence-electron chi connectivity index (χ3n) is 0.828. The van der Waals surface area contributed by atoms with Crippen molar-refractivity contribution in [2.75, 3.05) is 0 Å². The molecular formula is C5H6ClN3. The van der Waals surface area contributed by atoms with E-state index in [-0.39, 0.29) is 12.4 Å². The highest BCUT2D eigenvalue weighted by molar-refractivity contribution is 5.85.